The Morgan fingerprint density at radius 3 is 1.57 bits per heavy atom. The molecular formula is C2H8OsP3V-. The zero-order valence-electron chi connectivity index (χ0n) is 4.25. The van der Waals surface area contributed by atoms with Gasteiger partial charge in [-0.05, 0) is 13.3 Å². The van der Waals surface area contributed by atoms with Gasteiger partial charge in [-0.15, -0.1) is 7.61 Å². The zero-order chi connectivity index (χ0) is 4.28. The minimum Gasteiger partial charge on any atom is -0.525 e. The van der Waals surface area contributed by atoms with E-state index in [0.717, 1.165) is 7.96 Å². The molecule has 0 spiro atoms. The Labute approximate surface area is 75.8 Å². The van der Waals surface area contributed by atoms with Crippen molar-refractivity contribution >= 4 is 24.5 Å². The van der Waals surface area contributed by atoms with E-state index in [0.29, 0.717) is 7.61 Å². The molecule has 1 radical (unpaired) electrons. The molecule has 0 N–H and O–H groups in total. The summed E-state index contributed by atoms with van der Waals surface area (Å²) in [4.78, 5) is 0. The van der Waals surface area contributed by atoms with Crippen molar-refractivity contribution in [2.24, 2.45) is 0 Å². The van der Waals surface area contributed by atoms with Crippen molar-refractivity contribution in [2.45, 2.75) is 0 Å². The van der Waals surface area contributed by atoms with Gasteiger partial charge in [0.15, 0.2) is 0 Å². The predicted molar refractivity (Wildman–Crippen MR) is 35.4 cm³/mol. The standard InChI is InChI=1S/C2H8P3.Os.V/c1-5(2)4-3;;/h3-4H,1-2H3;;/q-1;;. The van der Waals surface area contributed by atoms with Crippen LogP contribution in [0.3, 0.4) is 0 Å². The number of rotatable bonds is 1. The van der Waals surface area contributed by atoms with Crippen molar-refractivity contribution in [3.63, 3.8) is 0 Å². The van der Waals surface area contributed by atoms with Crippen LogP contribution in [-0.2, 0) is 38.3 Å². The van der Waals surface area contributed by atoms with Crippen LogP contribution in [0.15, 0.2) is 0 Å². The zero-order valence-corrected chi connectivity index (χ0v) is 11.1. The molecule has 0 bridgehead atoms. The van der Waals surface area contributed by atoms with Gasteiger partial charge >= 0.3 is 0 Å². The Morgan fingerprint density at radius 1 is 1.43 bits per heavy atom. The van der Waals surface area contributed by atoms with Gasteiger partial charge in [-0.25, -0.2) is 0 Å². The van der Waals surface area contributed by atoms with Crippen molar-refractivity contribution in [1.82, 2.24) is 0 Å². The molecule has 0 aliphatic rings. The van der Waals surface area contributed by atoms with Crippen LogP contribution in [0, 0.1) is 0 Å². The number of hydrogen-bond acceptors (Lipinski definition) is 0. The van der Waals surface area contributed by atoms with Crippen LogP contribution in [0.25, 0.3) is 0 Å². The summed E-state index contributed by atoms with van der Waals surface area (Å²) in [6.45, 7) is 4.50. The molecule has 0 amide bonds. The van der Waals surface area contributed by atoms with Crippen molar-refractivity contribution in [2.75, 3.05) is 13.3 Å². The summed E-state index contributed by atoms with van der Waals surface area (Å²) < 4.78 is 0. The second-order valence-corrected chi connectivity index (χ2v) is 8.39. The van der Waals surface area contributed by atoms with E-state index in [9.17, 15) is 0 Å². The first-order chi connectivity index (χ1) is 2.27. The van der Waals surface area contributed by atoms with Crippen LogP contribution in [0.2, 0.25) is 0 Å². The Bertz CT molecular complexity index is 26.9. The summed E-state index contributed by atoms with van der Waals surface area (Å²) in [5.74, 6) is 0. The molecule has 0 rings (SSSR count). The molecule has 0 aromatic carbocycles. The maximum Gasteiger partial charge on any atom is 0 e. The monoisotopic (exact) mass is 368 g/mol. The first-order valence-electron chi connectivity index (χ1n) is 1.37. The van der Waals surface area contributed by atoms with Crippen molar-refractivity contribution < 1.29 is 38.3 Å². The van der Waals surface area contributed by atoms with Gasteiger partial charge in [0, 0.05) is 38.3 Å². The Balaban J connectivity index is -0.0000000800. The molecule has 0 saturated carbocycles. The van der Waals surface area contributed by atoms with Gasteiger partial charge in [0.05, 0.1) is 0 Å². The van der Waals surface area contributed by atoms with Gasteiger partial charge in [-0.2, -0.15) is 0 Å². The molecule has 5 heteroatoms. The Kier molecular flexibility index (Phi) is 26.3. The maximum atomic E-state index is 3.41. The van der Waals surface area contributed by atoms with E-state index in [2.05, 4.69) is 22.3 Å². The maximum absolute atomic E-state index is 3.41. The third-order valence-corrected chi connectivity index (χ3v) is 6.04. The first-order valence-corrected chi connectivity index (χ1v) is 6.95. The van der Waals surface area contributed by atoms with E-state index in [1.165, 1.54) is 0 Å². The molecule has 0 nitrogen and oxygen atoms in total. The average Bonchev–Trinajstić information content (AvgIpc) is 1.38. The molecule has 45 valence electrons. The van der Waals surface area contributed by atoms with Crippen LogP contribution in [-0.4, -0.2) is 13.3 Å². The quantitative estimate of drug-likeness (QED) is 0.626. The summed E-state index contributed by atoms with van der Waals surface area (Å²) in [5, 5.41) is 0. The molecule has 0 aliphatic heterocycles. The van der Waals surface area contributed by atoms with Gasteiger partial charge in [-0.1, -0.05) is 0 Å². The van der Waals surface area contributed by atoms with Gasteiger partial charge in [-0.3, -0.25) is 7.96 Å². The largest absolute Gasteiger partial charge is 0.525 e. The normalized spacial score (nSPS) is 8.57. The van der Waals surface area contributed by atoms with Crippen LogP contribution >= 0.6 is 24.5 Å². The molecule has 0 heterocycles. The minimum absolute atomic E-state index is 0. The van der Waals surface area contributed by atoms with Crippen molar-refractivity contribution in [3.8, 4) is 0 Å². The van der Waals surface area contributed by atoms with Crippen LogP contribution in [0.4, 0.5) is 0 Å². The van der Waals surface area contributed by atoms with E-state index in [1.807, 2.05) is 0 Å². The minimum atomic E-state index is 0. The Morgan fingerprint density at radius 2 is 1.57 bits per heavy atom. The Hall–Kier alpha value is 2.51. The van der Waals surface area contributed by atoms with Crippen LogP contribution in [0.1, 0.15) is 0 Å². The molecule has 1 atom stereocenters. The first kappa shape index (κ1) is 16.3. The van der Waals surface area contributed by atoms with Crippen LogP contribution in [0.5, 0.6) is 0 Å². The summed E-state index contributed by atoms with van der Waals surface area (Å²) in [7, 11) is 4.74. The average molecular weight is 366 g/mol. The van der Waals surface area contributed by atoms with E-state index in [-0.39, 0.29) is 38.3 Å². The fraction of sp³-hybridized carbons (Fsp3) is 1.00. The van der Waals surface area contributed by atoms with Gasteiger partial charge in [0.25, 0.3) is 0 Å². The van der Waals surface area contributed by atoms with Crippen molar-refractivity contribution in [1.29, 1.82) is 0 Å². The fourth-order valence-corrected chi connectivity index (χ4v) is 0. The molecule has 0 fully saturated rings. The smallest absolute Gasteiger partial charge is 0 e. The summed E-state index contributed by atoms with van der Waals surface area (Å²) in [6, 6.07) is 0. The van der Waals surface area contributed by atoms with Gasteiger partial charge in [0.1, 0.15) is 0 Å². The van der Waals surface area contributed by atoms with E-state index < -0.39 is 0 Å². The summed E-state index contributed by atoms with van der Waals surface area (Å²) in [6.07, 6.45) is 0. The third kappa shape index (κ3) is 17.7. The fourth-order valence-electron chi connectivity index (χ4n) is 0. The summed E-state index contributed by atoms with van der Waals surface area (Å²) >= 11 is 0. The van der Waals surface area contributed by atoms with Gasteiger partial charge in [0.2, 0.25) is 0 Å². The van der Waals surface area contributed by atoms with E-state index >= 15 is 0 Å². The third-order valence-electron chi connectivity index (χ3n) is 0.224. The molecule has 1 unspecified atom stereocenters. The van der Waals surface area contributed by atoms with Crippen molar-refractivity contribution in [3.05, 3.63) is 0 Å². The topological polar surface area (TPSA) is 0 Å². The number of hydrogen-bond donors (Lipinski definition) is 0. The molecule has 0 aromatic rings. The van der Waals surface area contributed by atoms with E-state index in [4.69, 9.17) is 0 Å². The molecule has 0 aromatic heterocycles. The van der Waals surface area contributed by atoms with E-state index in [1.54, 1.807) is 0 Å². The SMILES string of the molecule is CP(C)P[PH-].[Os].[V]. The second kappa shape index (κ2) is 11.3. The molecular weight excluding hydrogens is 358 g/mol. The van der Waals surface area contributed by atoms with Gasteiger partial charge < -0.3 is 8.93 Å². The molecule has 0 saturated heterocycles. The molecule has 7 heavy (non-hydrogen) atoms. The van der Waals surface area contributed by atoms with Crippen LogP contribution < -0.4 is 0 Å². The second-order valence-electron chi connectivity index (χ2n) is 1.01. The molecule has 0 aliphatic carbocycles. The predicted octanol–water partition coefficient (Wildman–Crippen LogP) is 2.37. The summed E-state index contributed by atoms with van der Waals surface area (Å²) in [5.41, 5.74) is 0.